The summed E-state index contributed by atoms with van der Waals surface area (Å²) in [7, 11) is 1.63. The average molecular weight is 469 g/mol. The van der Waals surface area contributed by atoms with Crippen LogP contribution in [0.25, 0.3) is 0 Å². The minimum atomic E-state index is -1.19. The van der Waals surface area contributed by atoms with Crippen molar-refractivity contribution in [3.05, 3.63) is 53.6 Å². The number of benzene rings is 1. The number of amides is 3. The topological polar surface area (TPSA) is 100 Å². The van der Waals surface area contributed by atoms with Crippen LogP contribution in [0.15, 0.2) is 53.1 Å². The largest absolute Gasteiger partial charge is 0.444 e. The molecule has 0 saturated heterocycles. The Bertz CT molecular complexity index is 1080. The molecule has 1 aromatic carbocycles. The molecule has 2 atom stereocenters. The molecule has 0 radical (unpaired) electrons. The second-order valence-electron chi connectivity index (χ2n) is 8.81. The first-order chi connectivity index (χ1) is 15.5. The Kier molecular flexibility index (Phi) is 7.12. The lowest BCUT2D eigenvalue weighted by Gasteiger charge is -2.23. The molecule has 0 aromatic heterocycles. The van der Waals surface area contributed by atoms with Gasteiger partial charge in [0.25, 0.3) is 5.91 Å². The maximum Gasteiger partial charge on any atom is 0.408 e. The number of carbonyl (C=O) groups excluding carboxylic acids is 3. The highest BCUT2D eigenvalue weighted by molar-refractivity contribution is 7.81. The number of nitrogens with zero attached hydrogens (tertiary/aromatic N) is 2. The normalized spacial score (nSPS) is 19.1. The van der Waals surface area contributed by atoms with Gasteiger partial charge in [-0.2, -0.15) is 0 Å². The number of para-hydroxylation sites is 1. The van der Waals surface area contributed by atoms with E-state index in [0.717, 1.165) is 11.1 Å². The first kappa shape index (κ1) is 24.3. The lowest BCUT2D eigenvalue weighted by molar-refractivity contribution is -0.128. The van der Waals surface area contributed by atoms with E-state index in [2.05, 4.69) is 15.6 Å². The molecule has 8 nitrogen and oxygen atoms in total. The fourth-order valence-corrected chi connectivity index (χ4v) is 3.65. The van der Waals surface area contributed by atoms with Gasteiger partial charge >= 0.3 is 6.09 Å². The average Bonchev–Trinajstić information content (AvgIpc) is 2.83. The Morgan fingerprint density at radius 2 is 1.97 bits per heavy atom. The molecule has 174 valence electrons. The summed E-state index contributed by atoms with van der Waals surface area (Å²) < 4.78 is 5.20. The highest BCUT2D eigenvalue weighted by Gasteiger charge is 2.33. The summed E-state index contributed by atoms with van der Waals surface area (Å²) in [5.74, 6) is -0.977. The molecule has 1 aliphatic heterocycles. The van der Waals surface area contributed by atoms with Crippen LogP contribution in [0.4, 0.5) is 10.5 Å². The number of anilines is 1. The summed E-state index contributed by atoms with van der Waals surface area (Å²) in [6, 6.07) is 6.44. The molecule has 0 bridgehead atoms. The maximum atomic E-state index is 13.2. The molecule has 1 aliphatic carbocycles. The molecular formula is C24H28N4O4S. The van der Waals surface area contributed by atoms with E-state index in [0.29, 0.717) is 22.7 Å². The van der Waals surface area contributed by atoms with Gasteiger partial charge in [-0.15, -0.1) is 0 Å². The molecule has 0 fully saturated rings. The highest BCUT2D eigenvalue weighted by Crippen LogP contribution is 2.28. The fraction of sp³-hybridized carbons (Fsp3) is 0.375. The lowest BCUT2D eigenvalue weighted by Crippen LogP contribution is -2.52. The standard InChI is InChI=1S/C24H28N4O4S/c1-14(25-23(31)32-24(2,3)4)21(29)27-20-22(30)28(5)17-12-8-6-10-15(17)19(26-20)16-11-7-9-13-18(16)33/h6-12,14,20H,13H2,1-5H3,(H,25,31)(H,27,29)/t14-,20?/m0/s1. The fourth-order valence-electron chi connectivity index (χ4n) is 3.39. The zero-order valence-electron chi connectivity index (χ0n) is 19.3. The van der Waals surface area contributed by atoms with Crippen LogP contribution in [0.1, 0.15) is 39.7 Å². The zero-order chi connectivity index (χ0) is 24.3. The van der Waals surface area contributed by atoms with Crippen LogP contribution in [0, 0.1) is 0 Å². The van der Waals surface area contributed by atoms with E-state index in [1.807, 2.05) is 42.5 Å². The van der Waals surface area contributed by atoms with E-state index in [4.69, 9.17) is 17.0 Å². The summed E-state index contributed by atoms with van der Waals surface area (Å²) in [5, 5.41) is 5.13. The second kappa shape index (κ2) is 9.66. The van der Waals surface area contributed by atoms with Crippen molar-refractivity contribution in [3.63, 3.8) is 0 Å². The van der Waals surface area contributed by atoms with E-state index in [9.17, 15) is 14.4 Å². The van der Waals surface area contributed by atoms with Gasteiger partial charge in [0, 0.05) is 29.5 Å². The van der Waals surface area contributed by atoms with Crippen LogP contribution in [0.2, 0.25) is 0 Å². The highest BCUT2D eigenvalue weighted by atomic mass is 32.1. The summed E-state index contributed by atoms with van der Waals surface area (Å²) in [4.78, 5) is 44.9. The van der Waals surface area contributed by atoms with Crippen molar-refractivity contribution in [1.29, 1.82) is 0 Å². The minimum Gasteiger partial charge on any atom is -0.444 e. The number of ether oxygens (including phenoxy) is 1. The first-order valence-electron chi connectivity index (χ1n) is 10.6. The minimum absolute atomic E-state index is 0.409. The van der Waals surface area contributed by atoms with Crippen molar-refractivity contribution in [2.24, 2.45) is 4.99 Å². The maximum absolute atomic E-state index is 13.2. The van der Waals surface area contributed by atoms with Crippen LogP contribution in [0.5, 0.6) is 0 Å². The van der Waals surface area contributed by atoms with E-state index in [1.165, 1.54) is 11.8 Å². The van der Waals surface area contributed by atoms with Crippen LogP contribution < -0.4 is 15.5 Å². The number of benzodiazepines with no additional fused rings is 1. The molecule has 9 heteroatoms. The number of thiocarbonyl (C=S) groups is 1. The van der Waals surface area contributed by atoms with Crippen molar-refractivity contribution in [1.82, 2.24) is 10.6 Å². The van der Waals surface area contributed by atoms with Gasteiger partial charge < -0.3 is 20.3 Å². The SMILES string of the molecule is C[C@H](NC(=O)OC(C)(C)C)C(=O)NC1N=C(C2=CC=CCC2=S)c2ccccc2N(C)C1=O. The summed E-state index contributed by atoms with van der Waals surface area (Å²) in [5.41, 5.74) is 1.98. The number of hydrogen-bond acceptors (Lipinski definition) is 6. The lowest BCUT2D eigenvalue weighted by atomic mass is 9.94. The van der Waals surface area contributed by atoms with E-state index >= 15 is 0 Å². The molecule has 1 heterocycles. The van der Waals surface area contributed by atoms with E-state index in [-0.39, 0.29) is 0 Å². The summed E-state index contributed by atoms with van der Waals surface area (Å²) in [6.45, 7) is 6.69. The van der Waals surface area contributed by atoms with Crippen molar-refractivity contribution >= 4 is 46.4 Å². The van der Waals surface area contributed by atoms with Crippen molar-refractivity contribution in [3.8, 4) is 0 Å². The Balaban J connectivity index is 1.91. The number of allylic oxidation sites excluding steroid dienone is 4. The monoisotopic (exact) mass is 468 g/mol. The van der Waals surface area contributed by atoms with Gasteiger partial charge in [-0.05, 0) is 33.8 Å². The first-order valence-corrected chi connectivity index (χ1v) is 11.0. The molecular weight excluding hydrogens is 440 g/mol. The third-order valence-corrected chi connectivity index (χ3v) is 5.39. The van der Waals surface area contributed by atoms with Crippen molar-refractivity contribution in [2.75, 3.05) is 11.9 Å². The van der Waals surface area contributed by atoms with Crippen LogP contribution in [0.3, 0.4) is 0 Å². The Labute approximate surface area is 198 Å². The number of carbonyl (C=O) groups is 3. The van der Waals surface area contributed by atoms with Crippen molar-refractivity contribution in [2.45, 2.75) is 51.9 Å². The predicted molar refractivity (Wildman–Crippen MR) is 132 cm³/mol. The Hall–Kier alpha value is -3.33. The van der Waals surface area contributed by atoms with Crippen LogP contribution in [-0.4, -0.2) is 53.3 Å². The second-order valence-corrected chi connectivity index (χ2v) is 9.30. The molecule has 1 aromatic rings. The van der Waals surface area contributed by atoms with Gasteiger partial charge in [0.15, 0.2) is 0 Å². The van der Waals surface area contributed by atoms with Gasteiger partial charge in [-0.3, -0.25) is 9.59 Å². The number of alkyl carbamates (subject to hydrolysis) is 1. The number of likely N-dealkylation sites (N-methyl/N-ethyl adjacent to an activating group) is 1. The Morgan fingerprint density at radius 1 is 1.27 bits per heavy atom. The van der Waals surface area contributed by atoms with Crippen LogP contribution in [-0.2, 0) is 14.3 Å². The number of aliphatic imine (C=N–C) groups is 1. The van der Waals surface area contributed by atoms with Crippen LogP contribution >= 0.6 is 12.2 Å². The molecule has 3 amide bonds. The number of rotatable bonds is 4. The number of nitrogens with one attached hydrogen (secondary N) is 2. The number of hydrogen-bond donors (Lipinski definition) is 2. The van der Waals surface area contributed by atoms with E-state index in [1.54, 1.807) is 27.8 Å². The van der Waals surface area contributed by atoms with Gasteiger partial charge in [0.1, 0.15) is 11.6 Å². The molecule has 33 heavy (non-hydrogen) atoms. The molecule has 0 spiro atoms. The smallest absolute Gasteiger partial charge is 0.408 e. The van der Waals surface area contributed by atoms with Gasteiger partial charge in [-0.1, -0.05) is 48.6 Å². The molecule has 0 saturated carbocycles. The zero-order valence-corrected chi connectivity index (χ0v) is 20.2. The van der Waals surface area contributed by atoms with E-state index < -0.39 is 35.7 Å². The third-order valence-electron chi connectivity index (χ3n) is 5.01. The Morgan fingerprint density at radius 3 is 2.64 bits per heavy atom. The quantitative estimate of drug-likeness (QED) is 0.662. The molecule has 2 N–H and O–H groups in total. The third kappa shape index (κ3) is 5.73. The summed E-state index contributed by atoms with van der Waals surface area (Å²) >= 11 is 5.55. The molecule has 3 rings (SSSR count). The van der Waals surface area contributed by atoms with Gasteiger partial charge in [0.05, 0.1) is 11.4 Å². The van der Waals surface area contributed by atoms with Crippen molar-refractivity contribution < 1.29 is 19.1 Å². The van der Waals surface area contributed by atoms with Gasteiger partial charge in [0.2, 0.25) is 12.1 Å². The predicted octanol–water partition coefficient (Wildman–Crippen LogP) is 3.06. The molecule has 2 aliphatic rings. The molecule has 1 unspecified atom stereocenters. The summed E-state index contributed by atoms with van der Waals surface area (Å²) in [6.07, 6.45) is 4.39. The number of fused-ring (bicyclic) bond motifs is 1. The van der Waals surface area contributed by atoms with Gasteiger partial charge in [-0.25, -0.2) is 9.79 Å².